The van der Waals surface area contributed by atoms with Crippen molar-refractivity contribution in [3.05, 3.63) is 0 Å². The van der Waals surface area contributed by atoms with Crippen LogP contribution in [0, 0.1) is 0 Å². The summed E-state index contributed by atoms with van der Waals surface area (Å²) in [6, 6.07) is -0.789. The molecule has 1 amide bonds. The largest absolute Gasteiger partial charge is 0.756 e. The van der Waals surface area contributed by atoms with Crippen LogP contribution in [-0.2, 0) is 18.4 Å². The van der Waals surface area contributed by atoms with Gasteiger partial charge in [-0.25, -0.2) is 0 Å². The highest BCUT2D eigenvalue weighted by atomic mass is 31.2. The number of aliphatic hydroxyl groups excluding tert-OH is 1. The van der Waals surface area contributed by atoms with E-state index in [1.54, 1.807) is 0 Å². The first kappa shape index (κ1) is 48.5. The second-order valence-corrected chi connectivity index (χ2v) is 17.1. The molecule has 0 aromatic heterocycles. The number of nitrogens with zero attached hydrogens (tertiary/aromatic N) is 1. The zero-order valence-electron chi connectivity index (χ0n) is 33.2. The summed E-state index contributed by atoms with van der Waals surface area (Å²) in [6.07, 6.45) is 34.4. The molecule has 0 fully saturated rings. The van der Waals surface area contributed by atoms with E-state index in [2.05, 4.69) is 19.2 Å². The molecule has 0 heterocycles. The lowest BCUT2D eigenvalue weighted by Crippen LogP contribution is -2.46. The van der Waals surface area contributed by atoms with Crippen LogP contribution in [-0.4, -0.2) is 68.5 Å². The fourth-order valence-electron chi connectivity index (χ4n) is 6.22. The quantitative estimate of drug-likeness (QED) is 0.0374. The van der Waals surface area contributed by atoms with Crippen LogP contribution in [0.2, 0.25) is 0 Å². The van der Waals surface area contributed by atoms with Crippen molar-refractivity contribution in [1.82, 2.24) is 5.32 Å². The molecular formula is C40H83N2O6P. The minimum Gasteiger partial charge on any atom is -0.756 e. The van der Waals surface area contributed by atoms with Crippen LogP contribution < -0.4 is 10.2 Å². The number of amides is 1. The Balaban J connectivity index is 4.00. The van der Waals surface area contributed by atoms with Gasteiger partial charge < -0.3 is 28.8 Å². The van der Waals surface area contributed by atoms with Gasteiger partial charge in [-0.1, -0.05) is 181 Å². The van der Waals surface area contributed by atoms with Crippen molar-refractivity contribution in [3.8, 4) is 0 Å². The Hall–Kier alpha value is -0.500. The van der Waals surface area contributed by atoms with Gasteiger partial charge in [0.1, 0.15) is 13.2 Å². The predicted molar refractivity (Wildman–Crippen MR) is 206 cm³/mol. The number of likely N-dealkylation sites (N-methyl/N-ethyl adjacent to an activating group) is 1. The SMILES string of the molecule is CCCCCCCCCCCCCCCCCCCCCCCCC(=O)NC(COP(=O)([O-])OCC[N+](C)(C)C)C(O)CCCCCCC. The molecule has 0 aliphatic heterocycles. The monoisotopic (exact) mass is 719 g/mol. The summed E-state index contributed by atoms with van der Waals surface area (Å²) < 4.78 is 23.0. The highest BCUT2D eigenvalue weighted by Gasteiger charge is 2.24. The van der Waals surface area contributed by atoms with E-state index in [4.69, 9.17) is 9.05 Å². The second kappa shape index (κ2) is 33.3. The molecule has 0 bridgehead atoms. The molecule has 0 radical (unpaired) electrons. The van der Waals surface area contributed by atoms with Crippen molar-refractivity contribution in [2.45, 2.75) is 212 Å². The lowest BCUT2D eigenvalue weighted by molar-refractivity contribution is -0.870. The van der Waals surface area contributed by atoms with Gasteiger partial charge in [-0.2, -0.15) is 0 Å². The zero-order chi connectivity index (χ0) is 36.5. The molecule has 0 aliphatic rings. The number of carbonyl (C=O) groups excluding carboxylic acids is 1. The summed E-state index contributed by atoms with van der Waals surface area (Å²) in [6.45, 7) is 4.64. The normalized spacial score (nSPS) is 14.5. The van der Waals surface area contributed by atoms with E-state index in [0.717, 1.165) is 51.4 Å². The van der Waals surface area contributed by atoms with Crippen LogP contribution >= 0.6 is 7.82 Å². The highest BCUT2D eigenvalue weighted by Crippen LogP contribution is 2.38. The van der Waals surface area contributed by atoms with Crippen molar-refractivity contribution in [1.29, 1.82) is 0 Å². The molecule has 0 spiro atoms. The molecule has 9 heteroatoms. The van der Waals surface area contributed by atoms with Gasteiger partial charge in [-0.05, 0) is 12.8 Å². The van der Waals surface area contributed by atoms with Crippen molar-refractivity contribution < 1.29 is 32.9 Å². The zero-order valence-corrected chi connectivity index (χ0v) is 34.1. The van der Waals surface area contributed by atoms with E-state index in [1.807, 2.05) is 21.1 Å². The summed E-state index contributed by atoms with van der Waals surface area (Å²) in [5.74, 6) is -0.168. The van der Waals surface area contributed by atoms with Crippen LogP contribution in [0.3, 0.4) is 0 Å². The number of aliphatic hydroxyl groups is 1. The van der Waals surface area contributed by atoms with E-state index in [1.165, 1.54) is 122 Å². The Kier molecular flexibility index (Phi) is 33.0. The molecule has 2 N–H and O–H groups in total. The predicted octanol–water partition coefficient (Wildman–Crippen LogP) is 10.4. The van der Waals surface area contributed by atoms with Crippen molar-refractivity contribution in [2.75, 3.05) is 40.9 Å². The third-order valence-corrected chi connectivity index (χ3v) is 10.6. The number of phosphoric ester groups is 1. The molecule has 0 aliphatic carbocycles. The smallest absolute Gasteiger partial charge is 0.268 e. The first-order valence-electron chi connectivity index (χ1n) is 20.9. The third-order valence-electron chi connectivity index (χ3n) is 9.60. The molecule has 49 heavy (non-hydrogen) atoms. The first-order valence-corrected chi connectivity index (χ1v) is 22.3. The van der Waals surface area contributed by atoms with E-state index in [0.29, 0.717) is 23.9 Å². The summed E-state index contributed by atoms with van der Waals surface area (Å²) in [5.41, 5.74) is 0. The summed E-state index contributed by atoms with van der Waals surface area (Å²) in [4.78, 5) is 25.1. The number of hydrogen-bond acceptors (Lipinski definition) is 6. The maximum atomic E-state index is 12.7. The lowest BCUT2D eigenvalue weighted by atomic mass is 10.0. The van der Waals surface area contributed by atoms with Gasteiger partial charge in [0, 0.05) is 6.42 Å². The minimum atomic E-state index is -4.54. The molecule has 294 valence electrons. The summed E-state index contributed by atoms with van der Waals surface area (Å²) in [7, 11) is 1.31. The minimum absolute atomic E-state index is 0.0147. The van der Waals surface area contributed by atoms with Crippen molar-refractivity contribution in [2.24, 2.45) is 0 Å². The van der Waals surface area contributed by atoms with E-state index >= 15 is 0 Å². The topological polar surface area (TPSA) is 108 Å². The number of quaternary nitrogens is 1. The van der Waals surface area contributed by atoms with Crippen LogP contribution in [0.1, 0.15) is 200 Å². The van der Waals surface area contributed by atoms with Gasteiger partial charge in [0.15, 0.2) is 0 Å². The van der Waals surface area contributed by atoms with Gasteiger partial charge in [-0.15, -0.1) is 0 Å². The van der Waals surface area contributed by atoms with E-state index in [-0.39, 0.29) is 19.1 Å². The molecule has 0 aromatic carbocycles. The number of unbranched alkanes of at least 4 members (excludes halogenated alkanes) is 25. The van der Waals surface area contributed by atoms with Gasteiger partial charge in [0.25, 0.3) is 7.82 Å². The van der Waals surface area contributed by atoms with Gasteiger partial charge >= 0.3 is 0 Å². The number of hydrogen-bond donors (Lipinski definition) is 2. The van der Waals surface area contributed by atoms with Crippen molar-refractivity contribution >= 4 is 13.7 Å². The van der Waals surface area contributed by atoms with Crippen LogP contribution in [0.4, 0.5) is 0 Å². The van der Waals surface area contributed by atoms with Gasteiger partial charge in [0.2, 0.25) is 5.91 Å². The fourth-order valence-corrected chi connectivity index (χ4v) is 6.94. The molecule has 3 atom stereocenters. The summed E-state index contributed by atoms with van der Waals surface area (Å²) in [5, 5.41) is 13.7. The number of phosphoric acid groups is 1. The third kappa shape index (κ3) is 35.7. The van der Waals surface area contributed by atoms with Gasteiger partial charge in [0.05, 0.1) is 39.9 Å². The lowest BCUT2D eigenvalue weighted by Gasteiger charge is -2.30. The Morgan fingerprint density at radius 1 is 0.633 bits per heavy atom. The maximum absolute atomic E-state index is 12.7. The Labute approximate surface area is 304 Å². The molecular weight excluding hydrogens is 635 g/mol. The van der Waals surface area contributed by atoms with Crippen molar-refractivity contribution in [3.63, 3.8) is 0 Å². The number of nitrogens with one attached hydrogen (secondary N) is 1. The second-order valence-electron chi connectivity index (χ2n) is 15.7. The first-order chi connectivity index (χ1) is 23.5. The molecule has 0 saturated heterocycles. The molecule has 0 aromatic rings. The molecule has 8 nitrogen and oxygen atoms in total. The van der Waals surface area contributed by atoms with Crippen LogP contribution in [0.15, 0.2) is 0 Å². The highest BCUT2D eigenvalue weighted by molar-refractivity contribution is 7.45. The standard InChI is InChI=1S/C40H83N2O6P/c1-6-8-10-12-13-14-15-16-17-18-19-20-21-22-23-24-25-26-27-28-30-32-34-40(44)41-38(39(43)33-31-29-11-9-7-2)37-48-49(45,46)47-36-35-42(3,4)5/h38-39,43H,6-37H2,1-5H3,(H-,41,44,45,46). The average Bonchev–Trinajstić information content (AvgIpc) is 3.04. The summed E-state index contributed by atoms with van der Waals surface area (Å²) >= 11 is 0. The molecule has 0 saturated carbocycles. The Bertz CT molecular complexity index is 778. The average molecular weight is 719 g/mol. The maximum Gasteiger partial charge on any atom is 0.268 e. The molecule has 0 rings (SSSR count). The Morgan fingerprint density at radius 2 is 1.00 bits per heavy atom. The van der Waals surface area contributed by atoms with Crippen LogP contribution in [0.5, 0.6) is 0 Å². The number of rotatable bonds is 38. The van der Waals surface area contributed by atoms with Crippen LogP contribution in [0.25, 0.3) is 0 Å². The fraction of sp³-hybridized carbons (Fsp3) is 0.975. The number of carbonyl (C=O) groups is 1. The van der Waals surface area contributed by atoms with E-state index < -0.39 is 20.0 Å². The Morgan fingerprint density at radius 3 is 1.39 bits per heavy atom. The molecule has 3 unspecified atom stereocenters. The van der Waals surface area contributed by atoms with Gasteiger partial charge in [-0.3, -0.25) is 9.36 Å². The van der Waals surface area contributed by atoms with E-state index in [9.17, 15) is 19.4 Å².